The predicted octanol–water partition coefficient (Wildman–Crippen LogP) is 5.39. The van der Waals surface area contributed by atoms with E-state index in [1.54, 1.807) is 0 Å². The maximum absolute atomic E-state index is 4.47. The Kier molecular flexibility index (Phi) is 4.23. The Bertz CT molecular complexity index is 1040. The van der Waals surface area contributed by atoms with E-state index in [1.807, 2.05) is 13.1 Å². The van der Waals surface area contributed by atoms with Crippen LogP contribution in [0.1, 0.15) is 48.8 Å². The van der Waals surface area contributed by atoms with Crippen LogP contribution in [-0.4, -0.2) is 28.0 Å². The van der Waals surface area contributed by atoms with Crippen molar-refractivity contribution in [3.8, 4) is 0 Å². The van der Waals surface area contributed by atoms with Crippen molar-refractivity contribution in [1.29, 1.82) is 0 Å². The number of aromatic nitrogens is 2. The van der Waals surface area contributed by atoms with Gasteiger partial charge >= 0.3 is 0 Å². The molecule has 0 amide bonds. The Labute approximate surface area is 162 Å². The summed E-state index contributed by atoms with van der Waals surface area (Å²) in [6, 6.07) is 11.1. The standard InChI is InChI=1S/C24H29N3/c1-16-7-10-22-20(11-16)21-14-26(6)15-24(4,5)23(21)27(22)13-17(2)19-9-8-18(3)25-12-19/h7-13H,14-15H2,1-6H3/b17-13+. The number of aryl methyl sites for hydroxylation is 2. The van der Waals surface area contributed by atoms with Crippen LogP contribution in [0.5, 0.6) is 0 Å². The van der Waals surface area contributed by atoms with Crippen molar-refractivity contribution in [1.82, 2.24) is 14.5 Å². The van der Waals surface area contributed by atoms with E-state index in [0.717, 1.165) is 18.8 Å². The Hall–Kier alpha value is -2.39. The highest BCUT2D eigenvalue weighted by molar-refractivity contribution is 5.91. The monoisotopic (exact) mass is 359 g/mol. The van der Waals surface area contributed by atoms with Crippen molar-refractivity contribution in [3.63, 3.8) is 0 Å². The second-order valence-corrected chi connectivity index (χ2v) is 8.77. The highest BCUT2D eigenvalue weighted by Gasteiger charge is 2.35. The van der Waals surface area contributed by atoms with Crippen LogP contribution in [0.3, 0.4) is 0 Å². The summed E-state index contributed by atoms with van der Waals surface area (Å²) in [5.74, 6) is 0. The lowest BCUT2D eigenvalue weighted by atomic mass is 9.82. The summed E-state index contributed by atoms with van der Waals surface area (Å²) in [7, 11) is 2.22. The molecule has 2 aromatic heterocycles. The molecule has 27 heavy (non-hydrogen) atoms. The molecule has 3 heteroatoms. The van der Waals surface area contributed by atoms with E-state index < -0.39 is 0 Å². The Morgan fingerprint density at radius 2 is 1.93 bits per heavy atom. The second kappa shape index (κ2) is 6.35. The molecule has 0 saturated carbocycles. The molecule has 0 atom stereocenters. The van der Waals surface area contributed by atoms with Crippen molar-refractivity contribution in [2.24, 2.45) is 0 Å². The SMILES string of the molecule is C/C(=C\n1c2c(c3cc(C)ccc31)CN(C)CC2(C)C)c1ccc(C)nc1. The van der Waals surface area contributed by atoms with Crippen LogP contribution < -0.4 is 0 Å². The molecule has 0 fully saturated rings. The van der Waals surface area contributed by atoms with Crippen molar-refractivity contribution in [2.45, 2.75) is 46.6 Å². The van der Waals surface area contributed by atoms with Gasteiger partial charge in [0.25, 0.3) is 0 Å². The molecule has 3 nitrogen and oxygen atoms in total. The van der Waals surface area contributed by atoms with Crippen LogP contribution in [0, 0.1) is 13.8 Å². The lowest BCUT2D eigenvalue weighted by Crippen LogP contribution is -2.40. The summed E-state index contributed by atoms with van der Waals surface area (Å²) < 4.78 is 2.44. The quantitative estimate of drug-likeness (QED) is 0.611. The van der Waals surface area contributed by atoms with Gasteiger partial charge in [-0.3, -0.25) is 4.98 Å². The largest absolute Gasteiger partial charge is 0.319 e. The summed E-state index contributed by atoms with van der Waals surface area (Å²) in [5, 5.41) is 1.38. The fourth-order valence-electron chi connectivity index (χ4n) is 4.57. The number of likely N-dealkylation sites (N-methyl/N-ethyl adjacent to an activating group) is 1. The van der Waals surface area contributed by atoms with E-state index >= 15 is 0 Å². The topological polar surface area (TPSA) is 21.1 Å². The first-order chi connectivity index (χ1) is 12.8. The molecule has 140 valence electrons. The van der Waals surface area contributed by atoms with E-state index in [2.05, 4.69) is 85.7 Å². The van der Waals surface area contributed by atoms with E-state index in [4.69, 9.17) is 0 Å². The van der Waals surface area contributed by atoms with Crippen molar-refractivity contribution in [3.05, 3.63) is 64.6 Å². The van der Waals surface area contributed by atoms with Gasteiger partial charge in [0.2, 0.25) is 0 Å². The summed E-state index contributed by atoms with van der Waals surface area (Å²) in [6.45, 7) is 13.2. The van der Waals surface area contributed by atoms with Gasteiger partial charge in [0.1, 0.15) is 0 Å². The van der Waals surface area contributed by atoms with Gasteiger partial charge in [0, 0.05) is 47.7 Å². The van der Waals surface area contributed by atoms with Crippen molar-refractivity contribution < 1.29 is 0 Å². The second-order valence-electron chi connectivity index (χ2n) is 8.77. The van der Waals surface area contributed by atoms with Crippen molar-refractivity contribution in [2.75, 3.05) is 13.6 Å². The average Bonchev–Trinajstić information content (AvgIpc) is 2.88. The van der Waals surface area contributed by atoms with Crippen LogP contribution in [-0.2, 0) is 12.0 Å². The third-order valence-electron chi connectivity index (χ3n) is 5.69. The number of hydrogen-bond donors (Lipinski definition) is 0. The third-order valence-corrected chi connectivity index (χ3v) is 5.69. The minimum atomic E-state index is 0.0948. The summed E-state index contributed by atoms with van der Waals surface area (Å²) in [5.41, 5.74) is 9.09. The Morgan fingerprint density at radius 3 is 2.63 bits per heavy atom. The lowest BCUT2D eigenvalue weighted by Gasteiger charge is -2.37. The smallest absolute Gasteiger partial charge is 0.0529 e. The van der Waals surface area contributed by atoms with Gasteiger partial charge in [0.15, 0.2) is 0 Å². The molecule has 3 aromatic rings. The molecule has 3 heterocycles. The van der Waals surface area contributed by atoms with E-state index in [1.165, 1.54) is 38.9 Å². The number of pyridine rings is 1. The van der Waals surface area contributed by atoms with Crippen LogP contribution in [0.25, 0.3) is 22.7 Å². The van der Waals surface area contributed by atoms with Crippen LogP contribution >= 0.6 is 0 Å². The van der Waals surface area contributed by atoms with E-state index in [-0.39, 0.29) is 5.41 Å². The molecule has 1 aromatic carbocycles. The van der Waals surface area contributed by atoms with Gasteiger partial charge in [-0.25, -0.2) is 0 Å². The fourth-order valence-corrected chi connectivity index (χ4v) is 4.57. The summed E-state index contributed by atoms with van der Waals surface area (Å²) in [4.78, 5) is 6.91. The molecular weight excluding hydrogens is 330 g/mol. The van der Waals surface area contributed by atoms with Gasteiger partial charge < -0.3 is 9.47 Å². The molecule has 0 aliphatic carbocycles. The molecule has 4 rings (SSSR count). The molecule has 0 saturated heterocycles. The first-order valence-corrected chi connectivity index (χ1v) is 9.70. The molecule has 1 aliphatic heterocycles. The molecule has 1 aliphatic rings. The van der Waals surface area contributed by atoms with Gasteiger partial charge in [-0.2, -0.15) is 0 Å². The predicted molar refractivity (Wildman–Crippen MR) is 115 cm³/mol. The molecule has 0 spiro atoms. The van der Waals surface area contributed by atoms with Crippen LogP contribution in [0.15, 0.2) is 36.5 Å². The zero-order valence-corrected chi connectivity index (χ0v) is 17.3. The first-order valence-electron chi connectivity index (χ1n) is 9.70. The molecule has 0 unspecified atom stereocenters. The van der Waals surface area contributed by atoms with Gasteiger partial charge in [-0.15, -0.1) is 0 Å². The Morgan fingerprint density at radius 1 is 1.15 bits per heavy atom. The maximum Gasteiger partial charge on any atom is 0.0529 e. The number of rotatable bonds is 2. The van der Waals surface area contributed by atoms with E-state index in [0.29, 0.717) is 0 Å². The number of hydrogen-bond acceptors (Lipinski definition) is 2. The molecule has 0 bridgehead atoms. The minimum Gasteiger partial charge on any atom is -0.319 e. The number of nitrogens with zero attached hydrogens (tertiary/aromatic N) is 3. The zero-order valence-electron chi connectivity index (χ0n) is 17.3. The van der Waals surface area contributed by atoms with Crippen molar-refractivity contribution >= 4 is 22.7 Å². The average molecular weight is 360 g/mol. The number of allylic oxidation sites excluding steroid dienone is 1. The van der Waals surface area contributed by atoms with Gasteiger partial charge in [-0.05, 0) is 62.7 Å². The number of benzene rings is 1. The van der Waals surface area contributed by atoms with E-state index in [9.17, 15) is 0 Å². The van der Waals surface area contributed by atoms with Gasteiger partial charge in [0.05, 0.1) is 5.52 Å². The first kappa shape index (κ1) is 18.0. The Balaban J connectivity index is 1.98. The normalized spacial score (nSPS) is 17.3. The van der Waals surface area contributed by atoms with Gasteiger partial charge in [-0.1, -0.05) is 31.5 Å². The lowest BCUT2D eigenvalue weighted by molar-refractivity contribution is 0.232. The number of fused-ring (bicyclic) bond motifs is 3. The summed E-state index contributed by atoms with van der Waals surface area (Å²) >= 11 is 0. The zero-order chi connectivity index (χ0) is 19.3. The highest BCUT2D eigenvalue weighted by Crippen LogP contribution is 2.40. The highest BCUT2D eigenvalue weighted by atomic mass is 15.1. The summed E-state index contributed by atoms with van der Waals surface area (Å²) in [6.07, 6.45) is 4.28. The molecular formula is C24H29N3. The van der Waals surface area contributed by atoms with Crippen LogP contribution in [0.2, 0.25) is 0 Å². The minimum absolute atomic E-state index is 0.0948. The maximum atomic E-state index is 4.47. The fraction of sp³-hybridized carbons (Fsp3) is 0.375. The van der Waals surface area contributed by atoms with Crippen LogP contribution in [0.4, 0.5) is 0 Å². The molecule has 0 N–H and O–H groups in total. The third kappa shape index (κ3) is 3.10. The molecule has 0 radical (unpaired) electrons.